The first-order valence-corrected chi connectivity index (χ1v) is 19.2. The molecule has 3 aromatic heterocycles. The second kappa shape index (κ2) is 14.5. The number of aromatic nitrogens is 6. The van der Waals surface area contributed by atoms with Gasteiger partial charge < -0.3 is 0 Å². The summed E-state index contributed by atoms with van der Waals surface area (Å²) in [6.07, 6.45) is 0. The van der Waals surface area contributed by atoms with Crippen molar-refractivity contribution < 1.29 is 0 Å². The van der Waals surface area contributed by atoms with Crippen LogP contribution in [0.3, 0.4) is 0 Å². The van der Waals surface area contributed by atoms with Crippen LogP contribution < -0.4 is 0 Å². The summed E-state index contributed by atoms with van der Waals surface area (Å²) in [5, 5.41) is 2.14. The van der Waals surface area contributed by atoms with Crippen LogP contribution in [0.1, 0.15) is 0 Å². The minimum Gasteiger partial charge on any atom is -0.238 e. The van der Waals surface area contributed by atoms with Gasteiger partial charge in [-0.15, -0.1) is 11.3 Å². The van der Waals surface area contributed by atoms with E-state index in [1.165, 1.54) is 0 Å². The molecule has 7 aromatic carbocycles. The van der Waals surface area contributed by atoms with Gasteiger partial charge in [-0.2, -0.15) is 0 Å². The van der Waals surface area contributed by atoms with E-state index in [1.807, 2.05) is 140 Å². The Balaban J connectivity index is 1.13. The van der Waals surface area contributed by atoms with E-state index in [1.54, 1.807) is 11.3 Å². The van der Waals surface area contributed by atoms with Crippen molar-refractivity contribution in [1.29, 1.82) is 0 Å². The van der Waals surface area contributed by atoms with Gasteiger partial charge in [-0.1, -0.05) is 158 Å². The van der Waals surface area contributed by atoms with E-state index >= 15 is 0 Å². The predicted octanol–water partition coefficient (Wildman–Crippen LogP) is 12.6. The fourth-order valence-electron chi connectivity index (χ4n) is 7.05. The zero-order valence-electron chi connectivity index (χ0n) is 30.3. The molecule has 10 aromatic rings. The van der Waals surface area contributed by atoms with Crippen molar-refractivity contribution >= 4 is 37.2 Å². The van der Waals surface area contributed by atoms with Gasteiger partial charge in [-0.05, 0) is 29.3 Å². The third-order valence-electron chi connectivity index (χ3n) is 9.82. The van der Waals surface area contributed by atoms with Crippen LogP contribution in [0.4, 0.5) is 5.69 Å². The number of thiophene rings is 1. The molecule has 10 rings (SSSR count). The van der Waals surface area contributed by atoms with Crippen molar-refractivity contribution in [2.24, 2.45) is 0 Å². The smallest absolute Gasteiger partial charge is 0.187 e. The number of benzene rings is 7. The largest absolute Gasteiger partial charge is 0.238 e. The summed E-state index contributed by atoms with van der Waals surface area (Å²) in [6, 6.07) is 58.5. The van der Waals surface area contributed by atoms with Crippen LogP contribution in [0.2, 0.25) is 0 Å². The van der Waals surface area contributed by atoms with Crippen LogP contribution in [0, 0.1) is 6.57 Å². The average Bonchev–Trinajstić information content (AvgIpc) is 3.69. The van der Waals surface area contributed by atoms with E-state index in [-0.39, 0.29) is 0 Å². The number of fused-ring (bicyclic) bond motifs is 3. The van der Waals surface area contributed by atoms with Crippen molar-refractivity contribution in [3.05, 3.63) is 187 Å². The maximum atomic E-state index is 7.43. The molecule has 0 saturated carbocycles. The number of hydrogen-bond donors (Lipinski definition) is 0. The molecule has 0 N–H and O–H groups in total. The molecule has 0 saturated heterocycles. The number of nitrogens with zero attached hydrogens (tertiary/aromatic N) is 7. The zero-order chi connectivity index (χ0) is 38.1. The molecule has 0 bridgehead atoms. The fourth-order valence-corrected chi connectivity index (χ4v) is 8.29. The van der Waals surface area contributed by atoms with Crippen molar-refractivity contribution in [1.82, 2.24) is 29.9 Å². The highest BCUT2D eigenvalue weighted by molar-refractivity contribution is 7.26. The number of rotatable bonds is 7. The van der Waals surface area contributed by atoms with Crippen molar-refractivity contribution in [2.75, 3.05) is 0 Å². The highest BCUT2D eigenvalue weighted by Crippen LogP contribution is 2.43. The van der Waals surface area contributed by atoms with E-state index in [0.29, 0.717) is 40.6 Å². The van der Waals surface area contributed by atoms with E-state index in [2.05, 4.69) is 41.2 Å². The Morgan fingerprint density at radius 3 is 1.37 bits per heavy atom. The first kappa shape index (κ1) is 33.8. The molecule has 7 nitrogen and oxygen atoms in total. The van der Waals surface area contributed by atoms with Gasteiger partial charge in [0.2, 0.25) is 0 Å². The average molecular weight is 748 g/mol. The molecule has 0 amide bonds. The van der Waals surface area contributed by atoms with Crippen LogP contribution in [-0.2, 0) is 0 Å². The van der Waals surface area contributed by atoms with Crippen LogP contribution >= 0.6 is 11.3 Å². The van der Waals surface area contributed by atoms with E-state index < -0.39 is 0 Å². The highest BCUT2D eigenvalue weighted by atomic mass is 32.1. The molecule has 0 aliphatic heterocycles. The van der Waals surface area contributed by atoms with E-state index in [4.69, 9.17) is 36.5 Å². The second-order valence-electron chi connectivity index (χ2n) is 13.4. The van der Waals surface area contributed by atoms with Crippen molar-refractivity contribution in [3.63, 3.8) is 0 Å². The topological polar surface area (TPSA) is 81.7 Å². The molecule has 0 aliphatic rings. The zero-order valence-corrected chi connectivity index (χ0v) is 31.1. The Kier molecular flexibility index (Phi) is 8.60. The molecule has 0 unspecified atom stereocenters. The lowest BCUT2D eigenvalue weighted by atomic mass is 10.0. The fraction of sp³-hybridized carbons (Fsp3) is 0. The van der Waals surface area contributed by atoms with Crippen LogP contribution in [0.5, 0.6) is 0 Å². The Labute approximate surface area is 332 Å². The second-order valence-corrected chi connectivity index (χ2v) is 14.5. The van der Waals surface area contributed by atoms with Crippen LogP contribution in [0.25, 0.3) is 104 Å². The Hall–Kier alpha value is -7.73. The van der Waals surface area contributed by atoms with E-state index in [0.717, 1.165) is 64.7 Å². The molecule has 0 spiro atoms. The normalized spacial score (nSPS) is 11.1. The summed E-state index contributed by atoms with van der Waals surface area (Å²) < 4.78 is 2.17. The molecule has 0 fully saturated rings. The molecular weight excluding hydrogens is 719 g/mol. The molecule has 0 radical (unpaired) electrons. The molecule has 0 aliphatic carbocycles. The highest BCUT2D eigenvalue weighted by Gasteiger charge is 2.20. The minimum absolute atomic E-state index is 0.575. The standard InChI is InChI=1S/C49H29N7S/c1-50-37-21-11-20-36(30-37)31-26-28-35(29-27-31)47-52-46(34-18-9-4-10-19-34)55-49(56-47)40-24-12-22-38-42-39(23-13-25-41(42)57-43(38)40)48-53-44(32-14-5-2-6-15-32)51-45(54-48)33-16-7-3-8-17-33/h2-30H. The minimum atomic E-state index is 0.575. The Morgan fingerprint density at radius 2 is 0.807 bits per heavy atom. The van der Waals surface area contributed by atoms with Gasteiger partial charge in [0.1, 0.15) is 0 Å². The summed E-state index contributed by atoms with van der Waals surface area (Å²) in [4.78, 5) is 33.9. The van der Waals surface area contributed by atoms with Gasteiger partial charge in [0, 0.05) is 53.6 Å². The first-order valence-electron chi connectivity index (χ1n) is 18.4. The van der Waals surface area contributed by atoms with Gasteiger partial charge in [-0.3, -0.25) is 0 Å². The Morgan fingerprint density at radius 1 is 0.368 bits per heavy atom. The van der Waals surface area contributed by atoms with Crippen LogP contribution in [0.15, 0.2) is 176 Å². The van der Waals surface area contributed by atoms with Gasteiger partial charge in [-0.25, -0.2) is 34.7 Å². The summed E-state index contributed by atoms with van der Waals surface area (Å²) in [5.41, 5.74) is 8.06. The SMILES string of the molecule is [C-]#[N+]c1cccc(-c2ccc(-c3nc(-c4ccccc4)nc(-c4cccc5c4sc4cccc(-c6nc(-c7ccccc7)nc(-c7ccccc7)n6)c45)n3)cc2)c1. The third kappa shape index (κ3) is 6.48. The van der Waals surface area contributed by atoms with Crippen LogP contribution in [-0.4, -0.2) is 29.9 Å². The van der Waals surface area contributed by atoms with Gasteiger partial charge in [0.05, 0.1) is 6.57 Å². The van der Waals surface area contributed by atoms with Crippen molar-refractivity contribution in [3.8, 4) is 79.5 Å². The lowest BCUT2D eigenvalue weighted by Gasteiger charge is -2.10. The first-order chi connectivity index (χ1) is 28.2. The maximum absolute atomic E-state index is 7.43. The van der Waals surface area contributed by atoms with Gasteiger partial charge in [0.25, 0.3) is 0 Å². The number of hydrogen-bond acceptors (Lipinski definition) is 7. The monoisotopic (exact) mass is 747 g/mol. The van der Waals surface area contributed by atoms with Gasteiger partial charge in [0.15, 0.2) is 40.6 Å². The molecule has 57 heavy (non-hydrogen) atoms. The summed E-state index contributed by atoms with van der Waals surface area (Å²) in [7, 11) is 0. The molecule has 3 heterocycles. The van der Waals surface area contributed by atoms with Gasteiger partial charge >= 0.3 is 0 Å². The Bertz CT molecular complexity index is 3060. The lowest BCUT2D eigenvalue weighted by molar-refractivity contribution is 1.08. The third-order valence-corrected chi connectivity index (χ3v) is 11.0. The maximum Gasteiger partial charge on any atom is 0.187 e. The molecule has 266 valence electrons. The summed E-state index contributed by atoms with van der Waals surface area (Å²) in [6.45, 7) is 7.43. The molecular formula is C49H29N7S. The molecule has 8 heteroatoms. The lowest BCUT2D eigenvalue weighted by Crippen LogP contribution is -2.00. The predicted molar refractivity (Wildman–Crippen MR) is 230 cm³/mol. The quantitative estimate of drug-likeness (QED) is 0.151. The summed E-state index contributed by atoms with van der Waals surface area (Å²) >= 11 is 1.71. The van der Waals surface area contributed by atoms with E-state index in [9.17, 15) is 0 Å². The van der Waals surface area contributed by atoms with Crippen molar-refractivity contribution in [2.45, 2.75) is 0 Å². The summed E-state index contributed by atoms with van der Waals surface area (Å²) in [5.74, 6) is 3.60. The molecule has 0 atom stereocenters.